The Labute approximate surface area is 157 Å². The van der Waals surface area contributed by atoms with E-state index in [9.17, 15) is 4.79 Å². The van der Waals surface area contributed by atoms with Crippen LogP contribution in [0, 0.1) is 23.7 Å². The van der Waals surface area contributed by atoms with Gasteiger partial charge in [0.15, 0.2) is 11.7 Å². The highest BCUT2D eigenvalue weighted by atomic mass is 16.5. The molecule has 138 valence electrons. The van der Waals surface area contributed by atoms with Crippen LogP contribution in [-0.4, -0.2) is 27.7 Å². The van der Waals surface area contributed by atoms with Crippen molar-refractivity contribution in [3.63, 3.8) is 0 Å². The van der Waals surface area contributed by atoms with Crippen LogP contribution in [0.2, 0.25) is 0 Å². The molecule has 3 heterocycles. The number of nitrogens with zero attached hydrogens (tertiary/aromatic N) is 2. The van der Waals surface area contributed by atoms with E-state index in [4.69, 9.17) is 9.73 Å². The van der Waals surface area contributed by atoms with Gasteiger partial charge >= 0.3 is 0 Å². The van der Waals surface area contributed by atoms with Crippen molar-refractivity contribution in [2.75, 3.05) is 0 Å². The molecule has 1 saturated heterocycles. The fraction of sp³-hybridized carbons (Fsp3) is 0.500. The molecule has 4 aliphatic carbocycles. The summed E-state index contributed by atoms with van der Waals surface area (Å²) in [6.45, 7) is 0. The SMILES string of the molecule is O=C1CC(=NC2C3CC4CC(C3)CC2C4)O/C1=C\c1c[nH]c2ncccc12. The number of aromatic nitrogens is 2. The van der Waals surface area contributed by atoms with Crippen molar-refractivity contribution in [3.8, 4) is 0 Å². The summed E-state index contributed by atoms with van der Waals surface area (Å²) in [6, 6.07) is 4.26. The predicted molar refractivity (Wildman–Crippen MR) is 103 cm³/mol. The third kappa shape index (κ3) is 2.55. The number of aromatic amines is 1. The molecule has 0 amide bonds. The van der Waals surface area contributed by atoms with Crippen LogP contribution in [0.4, 0.5) is 0 Å². The van der Waals surface area contributed by atoms with E-state index in [2.05, 4.69) is 9.97 Å². The quantitative estimate of drug-likeness (QED) is 0.818. The van der Waals surface area contributed by atoms with Gasteiger partial charge in [0, 0.05) is 23.3 Å². The number of ether oxygens (including phenoxy) is 1. The molecule has 2 aromatic rings. The minimum atomic E-state index is 0.0239. The van der Waals surface area contributed by atoms with Crippen LogP contribution < -0.4 is 0 Å². The molecule has 0 atom stereocenters. The maximum absolute atomic E-state index is 12.5. The van der Waals surface area contributed by atoms with E-state index in [0.29, 0.717) is 36.0 Å². The molecular weight excluding hydrogens is 338 g/mol. The Morgan fingerprint density at radius 2 is 1.93 bits per heavy atom. The van der Waals surface area contributed by atoms with Gasteiger partial charge in [-0.25, -0.2) is 4.98 Å². The summed E-state index contributed by atoms with van der Waals surface area (Å²) >= 11 is 0. The molecule has 1 N–H and O–H groups in total. The van der Waals surface area contributed by atoms with Gasteiger partial charge in [0.1, 0.15) is 5.65 Å². The van der Waals surface area contributed by atoms with Crippen molar-refractivity contribution in [3.05, 3.63) is 35.8 Å². The number of aliphatic imine (C=N–C) groups is 1. The van der Waals surface area contributed by atoms with Gasteiger partial charge in [-0.3, -0.25) is 9.79 Å². The summed E-state index contributed by atoms with van der Waals surface area (Å²) in [5, 5.41) is 0.993. The summed E-state index contributed by atoms with van der Waals surface area (Å²) < 4.78 is 5.93. The molecule has 0 unspecified atom stereocenters. The van der Waals surface area contributed by atoms with Crippen molar-refractivity contribution in [2.24, 2.45) is 28.7 Å². The first-order valence-corrected chi connectivity index (χ1v) is 10.1. The number of pyridine rings is 1. The lowest BCUT2D eigenvalue weighted by Crippen LogP contribution is -2.47. The number of hydrogen-bond acceptors (Lipinski definition) is 4. The van der Waals surface area contributed by atoms with Gasteiger partial charge in [0.2, 0.25) is 5.78 Å². The topological polar surface area (TPSA) is 67.3 Å². The van der Waals surface area contributed by atoms with Gasteiger partial charge in [-0.15, -0.1) is 0 Å². The first-order chi connectivity index (χ1) is 13.2. The van der Waals surface area contributed by atoms with Crippen LogP contribution in [0.5, 0.6) is 0 Å². The lowest BCUT2D eigenvalue weighted by atomic mass is 9.54. The number of nitrogens with one attached hydrogen (secondary N) is 1. The Morgan fingerprint density at radius 3 is 2.70 bits per heavy atom. The number of hydrogen-bond donors (Lipinski definition) is 1. The van der Waals surface area contributed by atoms with Crippen molar-refractivity contribution in [1.29, 1.82) is 0 Å². The van der Waals surface area contributed by atoms with Crippen LogP contribution >= 0.6 is 0 Å². The molecule has 4 bridgehead atoms. The van der Waals surface area contributed by atoms with Crippen LogP contribution in [0.3, 0.4) is 0 Å². The molecule has 0 aromatic carbocycles. The second kappa shape index (κ2) is 5.78. The standard InChI is InChI=1S/C22H23N3O2/c26-18-10-20(25-21-14-5-12-4-13(7-14)8-15(21)6-12)27-19(18)9-16-11-24-22-17(16)2-1-3-23-22/h1-3,9,11-15,21H,4-8,10H2,(H,23,24)/b19-9-,25-20?. The lowest BCUT2D eigenvalue weighted by Gasteiger charge is -2.53. The summed E-state index contributed by atoms with van der Waals surface area (Å²) in [7, 11) is 0. The van der Waals surface area contributed by atoms with Gasteiger partial charge < -0.3 is 9.72 Å². The van der Waals surface area contributed by atoms with E-state index in [-0.39, 0.29) is 5.78 Å². The molecule has 5 aliphatic rings. The van der Waals surface area contributed by atoms with E-state index in [1.54, 1.807) is 6.20 Å². The van der Waals surface area contributed by atoms with Gasteiger partial charge in [-0.1, -0.05) is 0 Å². The van der Waals surface area contributed by atoms with E-state index in [0.717, 1.165) is 28.4 Å². The summed E-state index contributed by atoms with van der Waals surface area (Å²) in [6.07, 6.45) is 12.5. The number of ketones is 1. The van der Waals surface area contributed by atoms with Gasteiger partial charge in [0.25, 0.3) is 0 Å². The molecule has 1 aliphatic heterocycles. The fourth-order valence-corrected chi connectivity index (χ4v) is 6.14. The van der Waals surface area contributed by atoms with Crippen LogP contribution in [0.25, 0.3) is 17.1 Å². The zero-order chi connectivity index (χ0) is 18.0. The summed E-state index contributed by atoms with van der Waals surface area (Å²) in [5.41, 5.74) is 1.75. The zero-order valence-corrected chi connectivity index (χ0v) is 15.2. The third-order valence-electron chi connectivity index (χ3n) is 7.05. The number of carbonyl (C=O) groups is 1. The average Bonchev–Trinajstić information content (AvgIpc) is 3.22. The lowest BCUT2D eigenvalue weighted by molar-refractivity contribution is -0.114. The monoisotopic (exact) mass is 361 g/mol. The minimum absolute atomic E-state index is 0.0239. The Hall–Kier alpha value is -2.43. The Kier molecular flexibility index (Phi) is 3.34. The minimum Gasteiger partial charge on any atom is -0.439 e. The number of carbonyl (C=O) groups excluding carboxylic acids is 1. The van der Waals surface area contributed by atoms with E-state index in [1.165, 1.54) is 32.1 Å². The highest BCUT2D eigenvalue weighted by molar-refractivity contribution is 6.14. The number of H-pyrrole nitrogens is 1. The molecule has 0 spiro atoms. The molecule has 7 rings (SSSR count). The van der Waals surface area contributed by atoms with E-state index >= 15 is 0 Å². The van der Waals surface area contributed by atoms with Crippen LogP contribution in [0.1, 0.15) is 44.1 Å². The van der Waals surface area contributed by atoms with Gasteiger partial charge in [-0.2, -0.15) is 0 Å². The predicted octanol–water partition coefficient (Wildman–Crippen LogP) is 4.12. The van der Waals surface area contributed by atoms with E-state index in [1.807, 2.05) is 24.4 Å². The number of rotatable bonds is 2. The molecule has 2 aromatic heterocycles. The van der Waals surface area contributed by atoms with Crippen LogP contribution in [0.15, 0.2) is 35.3 Å². The maximum atomic E-state index is 12.5. The number of Topliss-reactive ketones (excluding diaryl/α,β-unsaturated/α-hetero) is 1. The fourth-order valence-electron chi connectivity index (χ4n) is 6.14. The molecule has 27 heavy (non-hydrogen) atoms. The smallest absolute Gasteiger partial charge is 0.207 e. The largest absolute Gasteiger partial charge is 0.439 e. The summed E-state index contributed by atoms with van der Waals surface area (Å²) in [5.74, 6) is 4.34. The average molecular weight is 361 g/mol. The molecule has 4 saturated carbocycles. The second-order valence-corrected chi connectivity index (χ2v) is 8.80. The normalized spacial score (nSPS) is 37.6. The van der Waals surface area contributed by atoms with Crippen molar-refractivity contribution < 1.29 is 9.53 Å². The highest BCUT2D eigenvalue weighted by Gasteiger charge is 2.48. The first-order valence-electron chi connectivity index (χ1n) is 10.1. The molecule has 5 fully saturated rings. The maximum Gasteiger partial charge on any atom is 0.207 e. The first kappa shape index (κ1) is 15.6. The second-order valence-electron chi connectivity index (χ2n) is 8.80. The zero-order valence-electron chi connectivity index (χ0n) is 15.2. The van der Waals surface area contributed by atoms with Crippen molar-refractivity contribution >= 4 is 28.8 Å². The van der Waals surface area contributed by atoms with Crippen molar-refractivity contribution in [1.82, 2.24) is 9.97 Å². The van der Waals surface area contributed by atoms with Gasteiger partial charge in [-0.05, 0) is 74.0 Å². The Morgan fingerprint density at radius 1 is 1.15 bits per heavy atom. The number of allylic oxidation sites excluding steroid dienone is 1. The Bertz CT molecular complexity index is 958. The van der Waals surface area contributed by atoms with Gasteiger partial charge in [0.05, 0.1) is 12.5 Å². The third-order valence-corrected chi connectivity index (χ3v) is 7.05. The molecule has 5 nitrogen and oxygen atoms in total. The number of fused-ring (bicyclic) bond motifs is 1. The molecule has 5 heteroatoms. The molecule has 0 radical (unpaired) electrons. The highest BCUT2D eigenvalue weighted by Crippen LogP contribution is 2.54. The van der Waals surface area contributed by atoms with Crippen molar-refractivity contribution in [2.45, 2.75) is 44.6 Å². The molecular formula is C22H23N3O2. The summed E-state index contributed by atoms with van der Waals surface area (Å²) in [4.78, 5) is 24.9. The van der Waals surface area contributed by atoms with Crippen LogP contribution in [-0.2, 0) is 9.53 Å². The Balaban J connectivity index is 1.27. The van der Waals surface area contributed by atoms with E-state index < -0.39 is 0 Å².